The first-order valence-electron chi connectivity index (χ1n) is 11.0. The van der Waals surface area contributed by atoms with Crippen LogP contribution < -0.4 is 5.32 Å². The van der Waals surface area contributed by atoms with Gasteiger partial charge in [-0.2, -0.15) is 5.26 Å². The Balaban J connectivity index is 1.34. The highest BCUT2D eigenvalue weighted by Crippen LogP contribution is 2.66. The normalized spacial score (nSPS) is 34.0. The molecule has 0 spiro atoms. The third-order valence-electron chi connectivity index (χ3n) is 8.19. The van der Waals surface area contributed by atoms with Crippen LogP contribution in [0.2, 0.25) is 0 Å². The van der Waals surface area contributed by atoms with Crippen LogP contribution in [0.15, 0.2) is 30.3 Å². The molecule has 1 aromatic heterocycles. The maximum atomic E-state index is 13.7. The Morgan fingerprint density at radius 1 is 1.10 bits per heavy atom. The summed E-state index contributed by atoms with van der Waals surface area (Å²) >= 11 is 1.65. The first kappa shape index (κ1) is 17.7. The number of carbonyl (C=O) groups excluding carboxylic acids is 1. The summed E-state index contributed by atoms with van der Waals surface area (Å²) < 4.78 is 0. The summed E-state index contributed by atoms with van der Waals surface area (Å²) in [7, 11) is 0. The molecule has 5 aliphatic rings. The van der Waals surface area contributed by atoms with Crippen molar-refractivity contribution in [1.29, 1.82) is 5.26 Å². The lowest BCUT2D eigenvalue weighted by Crippen LogP contribution is -2.57. The second-order valence-corrected chi connectivity index (χ2v) is 11.1. The van der Waals surface area contributed by atoms with Crippen LogP contribution in [0.1, 0.15) is 66.5 Å². The molecule has 5 aliphatic carbocycles. The Hall–Kier alpha value is -2.12. The molecule has 0 aliphatic heterocycles. The number of nitrogens with zero attached hydrogens (tertiary/aromatic N) is 1. The molecule has 4 bridgehead atoms. The van der Waals surface area contributed by atoms with Gasteiger partial charge >= 0.3 is 0 Å². The fourth-order valence-electron chi connectivity index (χ4n) is 7.50. The van der Waals surface area contributed by atoms with E-state index in [1.807, 2.05) is 0 Å². The number of thiophene rings is 1. The second-order valence-electron chi connectivity index (χ2n) is 10.0. The van der Waals surface area contributed by atoms with Crippen molar-refractivity contribution in [3.05, 3.63) is 51.9 Å². The van der Waals surface area contributed by atoms with E-state index >= 15 is 0 Å². The highest BCUT2D eigenvalue weighted by molar-refractivity contribution is 7.16. The first-order valence-corrected chi connectivity index (χ1v) is 11.8. The predicted molar refractivity (Wildman–Crippen MR) is 115 cm³/mol. The number of aryl methyl sites for hydroxylation is 1. The Kier molecular flexibility index (Phi) is 3.78. The third-order valence-corrected chi connectivity index (χ3v) is 9.40. The van der Waals surface area contributed by atoms with Gasteiger partial charge in [0.05, 0.1) is 11.0 Å². The molecule has 3 nitrogen and oxygen atoms in total. The number of carbonyl (C=O) groups is 1. The van der Waals surface area contributed by atoms with Crippen LogP contribution in [0, 0.1) is 28.6 Å². The Morgan fingerprint density at radius 2 is 1.86 bits per heavy atom. The number of rotatable bonds is 3. The fourth-order valence-corrected chi connectivity index (χ4v) is 8.74. The molecule has 1 N–H and O–H groups in total. The molecular formula is C25H26N2OS. The minimum absolute atomic E-state index is 0.165. The van der Waals surface area contributed by atoms with Crippen LogP contribution in [0.3, 0.4) is 0 Å². The van der Waals surface area contributed by atoms with Gasteiger partial charge in [-0.1, -0.05) is 30.3 Å². The van der Waals surface area contributed by atoms with Crippen molar-refractivity contribution in [2.75, 3.05) is 5.32 Å². The van der Waals surface area contributed by atoms with Crippen molar-refractivity contribution in [2.24, 2.45) is 17.3 Å². The van der Waals surface area contributed by atoms with E-state index in [2.05, 4.69) is 41.7 Å². The lowest BCUT2D eigenvalue weighted by molar-refractivity contribution is -0.143. The molecule has 4 heteroatoms. The number of hydrogen-bond donors (Lipinski definition) is 1. The van der Waals surface area contributed by atoms with E-state index in [1.54, 1.807) is 11.3 Å². The quantitative estimate of drug-likeness (QED) is 0.728. The molecule has 2 aromatic rings. The Bertz CT molecular complexity index is 1020. The fraction of sp³-hybridized carbons (Fsp3) is 0.520. The third kappa shape index (κ3) is 2.56. The Morgan fingerprint density at radius 3 is 2.59 bits per heavy atom. The average Bonchev–Trinajstić information content (AvgIpc) is 3.28. The molecule has 4 fully saturated rings. The minimum Gasteiger partial charge on any atom is -0.316 e. The predicted octanol–water partition coefficient (Wildman–Crippen LogP) is 5.59. The first-order chi connectivity index (χ1) is 14.1. The lowest BCUT2D eigenvalue weighted by Gasteiger charge is -2.61. The van der Waals surface area contributed by atoms with E-state index in [9.17, 15) is 10.1 Å². The number of benzene rings is 1. The highest BCUT2D eigenvalue weighted by atomic mass is 32.1. The van der Waals surface area contributed by atoms with Crippen molar-refractivity contribution in [3.63, 3.8) is 0 Å². The van der Waals surface area contributed by atoms with Crippen LogP contribution in [0.4, 0.5) is 5.00 Å². The van der Waals surface area contributed by atoms with E-state index in [0.717, 1.165) is 49.1 Å². The molecule has 1 amide bonds. The molecule has 0 saturated heterocycles. The molecule has 2 atom stereocenters. The van der Waals surface area contributed by atoms with Crippen LogP contribution in [0.25, 0.3) is 0 Å². The number of nitrogens with one attached hydrogen (secondary N) is 1. The van der Waals surface area contributed by atoms with Crippen molar-refractivity contribution in [3.8, 4) is 6.07 Å². The molecule has 7 rings (SSSR count). The molecule has 1 aromatic carbocycles. The van der Waals surface area contributed by atoms with Crippen LogP contribution in [-0.4, -0.2) is 5.91 Å². The van der Waals surface area contributed by atoms with Gasteiger partial charge in [0.25, 0.3) is 0 Å². The number of fused-ring (bicyclic) bond motifs is 1. The zero-order valence-electron chi connectivity index (χ0n) is 16.7. The zero-order valence-corrected chi connectivity index (χ0v) is 17.5. The van der Waals surface area contributed by atoms with Crippen molar-refractivity contribution < 1.29 is 4.79 Å². The average molecular weight is 403 g/mol. The minimum atomic E-state index is -0.263. The van der Waals surface area contributed by atoms with Crippen molar-refractivity contribution >= 4 is 22.2 Å². The van der Waals surface area contributed by atoms with Gasteiger partial charge in [-0.25, -0.2) is 0 Å². The number of amides is 1. The summed E-state index contributed by atoms with van der Waals surface area (Å²) in [5.41, 5.74) is 3.26. The van der Waals surface area contributed by atoms with Gasteiger partial charge in [-0.3, -0.25) is 4.79 Å². The largest absolute Gasteiger partial charge is 0.316 e. The smallest absolute Gasteiger partial charge is 0.231 e. The summed E-state index contributed by atoms with van der Waals surface area (Å²) in [6, 6.07) is 13.3. The lowest BCUT2D eigenvalue weighted by atomic mass is 9.42. The molecule has 1 heterocycles. The molecule has 148 valence electrons. The van der Waals surface area contributed by atoms with Crippen LogP contribution >= 0.6 is 11.3 Å². The number of hydrogen-bond acceptors (Lipinski definition) is 3. The maximum Gasteiger partial charge on any atom is 0.231 e. The van der Waals surface area contributed by atoms with Gasteiger partial charge in [-0.05, 0) is 86.2 Å². The topological polar surface area (TPSA) is 52.9 Å². The van der Waals surface area contributed by atoms with Crippen molar-refractivity contribution in [1.82, 2.24) is 0 Å². The van der Waals surface area contributed by atoms with Crippen LogP contribution in [0.5, 0.6) is 0 Å². The SMILES string of the molecule is N#Cc1c(NC(=O)C23C[C@H]4C[C@H](C2)CC(c2ccccc2)(C4)C3)sc2c1CCC2. The highest BCUT2D eigenvalue weighted by Gasteiger charge is 2.61. The van der Waals surface area contributed by atoms with Gasteiger partial charge in [0.2, 0.25) is 5.91 Å². The maximum absolute atomic E-state index is 13.7. The summed E-state index contributed by atoms with van der Waals surface area (Å²) in [5.74, 6) is 1.50. The molecule has 29 heavy (non-hydrogen) atoms. The summed E-state index contributed by atoms with van der Waals surface area (Å²) in [6.45, 7) is 0. The number of nitriles is 1. The van der Waals surface area contributed by atoms with Crippen molar-refractivity contribution in [2.45, 2.75) is 63.2 Å². The van der Waals surface area contributed by atoms with E-state index in [4.69, 9.17) is 0 Å². The van der Waals surface area contributed by atoms with E-state index < -0.39 is 0 Å². The molecule has 0 unspecified atom stereocenters. The number of anilines is 1. The van der Waals surface area contributed by atoms with Gasteiger partial charge < -0.3 is 5.32 Å². The van der Waals surface area contributed by atoms with Gasteiger partial charge in [-0.15, -0.1) is 11.3 Å². The summed E-state index contributed by atoms with van der Waals surface area (Å²) in [6.07, 6.45) is 9.95. The Labute approximate surface area is 176 Å². The standard InChI is InChI=1S/C25H26N2OS/c26-14-20-19-7-4-8-21(19)29-22(20)27-23(28)25-12-16-9-17(13-25)11-24(10-16,15-25)18-5-2-1-3-6-18/h1-3,5-6,16-17H,4,7-13,15H2,(H,27,28)/t16-,17-,24?,25?/m0/s1. The van der Waals surface area contributed by atoms with E-state index in [-0.39, 0.29) is 16.7 Å². The van der Waals surface area contributed by atoms with Gasteiger partial charge in [0.1, 0.15) is 11.1 Å². The zero-order chi connectivity index (χ0) is 19.6. The monoisotopic (exact) mass is 402 g/mol. The summed E-state index contributed by atoms with van der Waals surface area (Å²) in [5, 5.41) is 13.8. The van der Waals surface area contributed by atoms with Gasteiger partial charge in [0, 0.05) is 4.88 Å². The van der Waals surface area contributed by atoms with Crippen LogP contribution in [-0.2, 0) is 23.1 Å². The molecular weight excluding hydrogens is 376 g/mol. The second kappa shape index (κ2) is 6.19. The molecule has 4 saturated carbocycles. The molecule has 0 radical (unpaired) electrons. The van der Waals surface area contributed by atoms with Gasteiger partial charge in [0.15, 0.2) is 0 Å². The van der Waals surface area contributed by atoms with E-state index in [0.29, 0.717) is 11.8 Å². The van der Waals surface area contributed by atoms with E-state index in [1.165, 1.54) is 35.3 Å². The summed E-state index contributed by atoms with van der Waals surface area (Å²) in [4.78, 5) is 15.0.